The molecule has 0 radical (unpaired) electrons. The molecule has 0 aliphatic carbocycles. The number of benzene rings is 2. The zero-order valence-corrected chi connectivity index (χ0v) is 16.1. The monoisotopic (exact) mass is 398 g/mol. The van der Waals surface area contributed by atoms with Crippen LogP contribution in [0.4, 0.5) is 11.4 Å². The van der Waals surface area contributed by atoms with E-state index in [0.29, 0.717) is 24.9 Å². The van der Waals surface area contributed by atoms with Gasteiger partial charge in [0.05, 0.1) is 11.3 Å². The zero-order valence-electron chi connectivity index (χ0n) is 16.1. The van der Waals surface area contributed by atoms with Crippen LogP contribution in [0.2, 0.25) is 0 Å². The molecule has 0 fully saturated rings. The first-order chi connectivity index (χ1) is 14.1. The van der Waals surface area contributed by atoms with Gasteiger partial charge in [0.25, 0.3) is 5.91 Å². The highest BCUT2D eigenvalue weighted by atomic mass is 16.5. The van der Waals surface area contributed by atoms with E-state index in [0.717, 1.165) is 24.9 Å². The summed E-state index contributed by atoms with van der Waals surface area (Å²) in [5, 5.41) is 14.1. The van der Waals surface area contributed by atoms with Crippen LogP contribution < -0.4 is 21.6 Å². The number of para-hydroxylation sites is 2. The van der Waals surface area contributed by atoms with Crippen molar-refractivity contribution in [2.75, 3.05) is 10.6 Å². The average Bonchev–Trinajstić information content (AvgIpc) is 2.72. The molecule has 3 amide bonds. The Morgan fingerprint density at radius 1 is 0.724 bits per heavy atom. The number of nitrogens with one attached hydrogen (secondary N) is 4. The maximum absolute atomic E-state index is 12.1. The van der Waals surface area contributed by atoms with E-state index >= 15 is 0 Å². The van der Waals surface area contributed by atoms with Crippen LogP contribution in [-0.2, 0) is 9.59 Å². The third kappa shape index (κ3) is 8.12. The number of hydrogen-bond acceptors (Lipinski definition) is 5. The minimum atomic E-state index is -0.558. The molecule has 0 saturated carbocycles. The van der Waals surface area contributed by atoms with E-state index in [1.54, 1.807) is 29.9 Å². The lowest BCUT2D eigenvalue weighted by atomic mass is 10.1. The predicted octanol–water partition coefficient (Wildman–Crippen LogP) is 3.23. The van der Waals surface area contributed by atoms with Gasteiger partial charge in [-0.1, -0.05) is 43.2 Å². The first-order valence-corrected chi connectivity index (χ1v) is 9.53. The van der Waals surface area contributed by atoms with Gasteiger partial charge in [-0.15, -0.1) is 5.59 Å². The quantitative estimate of drug-likeness (QED) is 0.294. The molecular formula is C21H26N4O4. The largest absolute Gasteiger partial charge is 0.326 e. The van der Waals surface area contributed by atoms with E-state index in [4.69, 9.17) is 5.21 Å². The number of hydrazine groups is 1. The molecule has 0 atom stereocenters. The minimum absolute atomic E-state index is 0.0128. The summed E-state index contributed by atoms with van der Waals surface area (Å²) < 4.78 is 0. The summed E-state index contributed by atoms with van der Waals surface area (Å²) in [5.41, 5.74) is 5.04. The lowest BCUT2D eigenvalue weighted by Gasteiger charge is -2.10. The van der Waals surface area contributed by atoms with E-state index < -0.39 is 5.91 Å². The summed E-state index contributed by atoms with van der Waals surface area (Å²) in [6.45, 7) is 0. The Labute approximate surface area is 169 Å². The molecule has 2 aromatic carbocycles. The van der Waals surface area contributed by atoms with Gasteiger partial charge in [-0.25, -0.2) is 0 Å². The highest BCUT2D eigenvalue weighted by Gasteiger charge is 2.12. The number of hydrogen-bond donors (Lipinski definition) is 5. The molecule has 8 nitrogen and oxygen atoms in total. The molecule has 0 bridgehead atoms. The molecule has 0 aliphatic heterocycles. The summed E-state index contributed by atoms with van der Waals surface area (Å²) in [7, 11) is 0. The number of amides is 3. The van der Waals surface area contributed by atoms with Crippen molar-refractivity contribution in [3.63, 3.8) is 0 Å². The molecule has 0 heterocycles. The third-order valence-electron chi connectivity index (χ3n) is 4.23. The Hall–Kier alpha value is -3.23. The summed E-state index contributed by atoms with van der Waals surface area (Å²) in [5.74, 6) is -0.762. The Bertz CT molecular complexity index is 811. The van der Waals surface area contributed by atoms with Crippen molar-refractivity contribution in [1.82, 2.24) is 11.0 Å². The molecular weight excluding hydrogens is 372 g/mol. The molecule has 0 spiro atoms. The van der Waals surface area contributed by atoms with Gasteiger partial charge in [0.15, 0.2) is 0 Å². The van der Waals surface area contributed by atoms with E-state index in [1.165, 1.54) is 0 Å². The van der Waals surface area contributed by atoms with Crippen molar-refractivity contribution in [1.29, 1.82) is 0 Å². The van der Waals surface area contributed by atoms with Gasteiger partial charge < -0.3 is 10.6 Å². The highest BCUT2D eigenvalue weighted by Crippen LogP contribution is 2.16. The smallest absolute Gasteiger partial charge is 0.269 e. The van der Waals surface area contributed by atoms with E-state index in [9.17, 15) is 14.4 Å². The molecule has 2 rings (SSSR count). The van der Waals surface area contributed by atoms with Gasteiger partial charge in [0.2, 0.25) is 11.8 Å². The van der Waals surface area contributed by atoms with Crippen LogP contribution in [-0.4, -0.2) is 22.9 Å². The Balaban J connectivity index is 1.63. The fourth-order valence-electron chi connectivity index (χ4n) is 2.79. The Morgan fingerprint density at radius 2 is 1.31 bits per heavy atom. The summed E-state index contributed by atoms with van der Waals surface area (Å²) in [6.07, 6.45) is 3.92. The molecule has 0 aliphatic rings. The van der Waals surface area contributed by atoms with Crippen molar-refractivity contribution >= 4 is 29.1 Å². The first-order valence-electron chi connectivity index (χ1n) is 9.53. The van der Waals surface area contributed by atoms with Crippen molar-refractivity contribution in [2.24, 2.45) is 0 Å². The molecule has 0 aromatic heterocycles. The molecule has 29 heavy (non-hydrogen) atoms. The van der Waals surface area contributed by atoms with Gasteiger partial charge in [-0.3, -0.25) is 25.0 Å². The second-order valence-electron chi connectivity index (χ2n) is 6.49. The molecule has 154 valence electrons. The van der Waals surface area contributed by atoms with Gasteiger partial charge in [-0.2, -0.15) is 0 Å². The SMILES string of the molecule is O=C(CCCCCCC(=O)Nc1ccccc1C(=O)NNO)Nc1ccccc1. The van der Waals surface area contributed by atoms with Crippen molar-refractivity contribution in [3.05, 3.63) is 60.2 Å². The summed E-state index contributed by atoms with van der Waals surface area (Å²) in [6, 6.07) is 15.9. The van der Waals surface area contributed by atoms with E-state index in [1.807, 2.05) is 35.8 Å². The highest BCUT2D eigenvalue weighted by molar-refractivity contribution is 6.03. The van der Waals surface area contributed by atoms with Crippen LogP contribution in [0.5, 0.6) is 0 Å². The lowest BCUT2D eigenvalue weighted by Crippen LogP contribution is -2.35. The number of carbonyl (C=O) groups is 3. The first kappa shape index (κ1) is 22.1. The normalized spacial score (nSPS) is 10.2. The number of rotatable bonds is 11. The Kier molecular flexibility index (Phi) is 9.34. The second kappa shape index (κ2) is 12.3. The van der Waals surface area contributed by atoms with Crippen molar-refractivity contribution in [3.8, 4) is 0 Å². The van der Waals surface area contributed by atoms with Gasteiger partial charge in [-0.05, 0) is 37.1 Å². The van der Waals surface area contributed by atoms with Gasteiger partial charge in [0.1, 0.15) is 0 Å². The fraction of sp³-hybridized carbons (Fsp3) is 0.286. The molecule has 0 unspecified atom stereocenters. The molecule has 0 saturated heterocycles. The third-order valence-corrected chi connectivity index (χ3v) is 4.23. The number of unbranched alkanes of at least 4 members (excludes halogenated alkanes) is 3. The van der Waals surface area contributed by atoms with Gasteiger partial charge in [0, 0.05) is 18.5 Å². The fourth-order valence-corrected chi connectivity index (χ4v) is 2.79. The van der Waals surface area contributed by atoms with Crippen molar-refractivity contribution < 1.29 is 19.6 Å². The van der Waals surface area contributed by atoms with Crippen LogP contribution >= 0.6 is 0 Å². The lowest BCUT2D eigenvalue weighted by molar-refractivity contribution is -0.117. The van der Waals surface area contributed by atoms with Crippen LogP contribution in [0.1, 0.15) is 48.9 Å². The van der Waals surface area contributed by atoms with Crippen LogP contribution in [0.25, 0.3) is 0 Å². The molecule has 8 heteroatoms. The predicted molar refractivity (Wildman–Crippen MR) is 110 cm³/mol. The maximum Gasteiger partial charge on any atom is 0.269 e. The average molecular weight is 398 g/mol. The number of anilines is 2. The molecule has 5 N–H and O–H groups in total. The van der Waals surface area contributed by atoms with Crippen LogP contribution in [0.15, 0.2) is 54.6 Å². The van der Waals surface area contributed by atoms with E-state index in [-0.39, 0.29) is 17.4 Å². The second-order valence-corrected chi connectivity index (χ2v) is 6.49. The standard InChI is InChI=1S/C21H26N4O4/c26-19(22-16-10-4-3-5-11-16)14-6-1-2-7-15-20(27)23-18-13-9-8-12-17(18)21(28)24-25-29/h3-5,8-13,25,29H,1-2,6-7,14-15H2,(H,22,26)(H,23,27)(H,24,28). The maximum atomic E-state index is 12.1. The van der Waals surface area contributed by atoms with Crippen molar-refractivity contribution in [2.45, 2.75) is 38.5 Å². The van der Waals surface area contributed by atoms with Gasteiger partial charge >= 0.3 is 0 Å². The number of carbonyl (C=O) groups excluding carboxylic acids is 3. The molecule has 2 aromatic rings. The Morgan fingerprint density at radius 3 is 1.97 bits per heavy atom. The minimum Gasteiger partial charge on any atom is -0.326 e. The van der Waals surface area contributed by atoms with E-state index in [2.05, 4.69) is 10.6 Å². The van der Waals surface area contributed by atoms with Crippen LogP contribution in [0, 0.1) is 0 Å². The zero-order chi connectivity index (χ0) is 20.9. The van der Waals surface area contributed by atoms with Crippen LogP contribution in [0.3, 0.4) is 0 Å². The topological polar surface area (TPSA) is 120 Å². The summed E-state index contributed by atoms with van der Waals surface area (Å²) >= 11 is 0. The summed E-state index contributed by atoms with van der Waals surface area (Å²) in [4.78, 5) is 35.8.